The van der Waals surface area contributed by atoms with Gasteiger partial charge in [0, 0.05) is 28.0 Å². The van der Waals surface area contributed by atoms with Gasteiger partial charge in [-0.15, -0.1) is 21.5 Å². The van der Waals surface area contributed by atoms with Crippen molar-refractivity contribution in [2.45, 2.75) is 0 Å². The molecule has 0 fully saturated rings. The van der Waals surface area contributed by atoms with Crippen molar-refractivity contribution in [2.75, 3.05) is 0 Å². The van der Waals surface area contributed by atoms with E-state index in [1.54, 1.807) is 12.4 Å². The van der Waals surface area contributed by atoms with Gasteiger partial charge in [0.25, 0.3) is 5.91 Å². The number of pyridine rings is 2. The first-order valence-corrected chi connectivity index (χ1v) is 8.34. The first-order valence-electron chi connectivity index (χ1n) is 6.65. The molecule has 0 unspecified atom stereocenters. The number of primary amides is 1. The molecular weight excluding hydrogens is 330 g/mol. The Hall–Kier alpha value is -2.71. The summed E-state index contributed by atoms with van der Waals surface area (Å²) in [5.74, 6) is -0.549. The van der Waals surface area contributed by atoms with Crippen molar-refractivity contribution >= 4 is 38.7 Å². The second-order valence-corrected chi connectivity index (χ2v) is 6.63. The number of carbonyl (C=O) groups excluding carboxylic acids is 1. The molecule has 6 nitrogen and oxygen atoms in total. The number of nitrogens with two attached hydrogens (primary N) is 1. The van der Waals surface area contributed by atoms with Crippen LogP contribution in [-0.2, 0) is 0 Å². The summed E-state index contributed by atoms with van der Waals surface area (Å²) in [6.07, 6.45) is 3.44. The minimum Gasteiger partial charge on any atom is -0.364 e. The highest BCUT2D eigenvalue weighted by Gasteiger charge is 2.16. The summed E-state index contributed by atoms with van der Waals surface area (Å²) < 4.78 is 0.946. The molecular formula is C15H9N5OS2. The molecule has 0 aliphatic carbocycles. The second kappa shape index (κ2) is 5.49. The van der Waals surface area contributed by atoms with Crippen LogP contribution in [0, 0.1) is 0 Å². The van der Waals surface area contributed by atoms with Gasteiger partial charge in [0.05, 0.1) is 0 Å². The van der Waals surface area contributed by atoms with Crippen molar-refractivity contribution in [3.05, 3.63) is 47.7 Å². The van der Waals surface area contributed by atoms with Crippen LogP contribution in [0.1, 0.15) is 10.5 Å². The summed E-state index contributed by atoms with van der Waals surface area (Å²) in [6, 6.07) is 7.51. The van der Waals surface area contributed by atoms with Crippen LogP contribution in [0.5, 0.6) is 0 Å². The number of amides is 1. The van der Waals surface area contributed by atoms with Crippen LogP contribution in [-0.4, -0.2) is 26.1 Å². The van der Waals surface area contributed by atoms with Crippen LogP contribution in [0.15, 0.2) is 42.0 Å². The van der Waals surface area contributed by atoms with Crippen LogP contribution in [0.3, 0.4) is 0 Å². The number of hydrogen-bond acceptors (Lipinski definition) is 7. The van der Waals surface area contributed by atoms with Crippen molar-refractivity contribution in [2.24, 2.45) is 5.73 Å². The van der Waals surface area contributed by atoms with Gasteiger partial charge in [-0.2, -0.15) is 0 Å². The number of nitrogens with zero attached hydrogens (tertiary/aromatic N) is 4. The summed E-state index contributed by atoms with van der Waals surface area (Å²) in [7, 11) is 0. The zero-order chi connectivity index (χ0) is 15.8. The molecule has 0 spiro atoms. The third kappa shape index (κ3) is 2.47. The van der Waals surface area contributed by atoms with Crippen molar-refractivity contribution < 1.29 is 4.79 Å². The van der Waals surface area contributed by atoms with E-state index in [0.29, 0.717) is 10.7 Å². The highest BCUT2D eigenvalue weighted by Crippen LogP contribution is 2.32. The number of carbonyl (C=O) groups is 1. The largest absolute Gasteiger partial charge is 0.364 e. The molecule has 4 heterocycles. The summed E-state index contributed by atoms with van der Waals surface area (Å²) in [6.45, 7) is 0. The first-order chi connectivity index (χ1) is 11.2. The van der Waals surface area contributed by atoms with E-state index in [-0.39, 0.29) is 5.69 Å². The van der Waals surface area contributed by atoms with Gasteiger partial charge >= 0.3 is 0 Å². The van der Waals surface area contributed by atoms with Gasteiger partial charge < -0.3 is 5.73 Å². The SMILES string of the molecule is NC(=O)c1nc(-c2nnc(-c3cccnc3)s2)cc2sccc12. The van der Waals surface area contributed by atoms with E-state index in [9.17, 15) is 4.79 Å². The van der Waals surface area contributed by atoms with E-state index in [2.05, 4.69) is 20.2 Å². The molecule has 23 heavy (non-hydrogen) atoms. The van der Waals surface area contributed by atoms with Crippen molar-refractivity contribution in [1.29, 1.82) is 0 Å². The molecule has 4 aromatic heterocycles. The molecule has 8 heteroatoms. The number of aromatic nitrogens is 4. The Kier molecular flexibility index (Phi) is 3.32. The second-order valence-electron chi connectivity index (χ2n) is 4.71. The third-order valence-corrected chi connectivity index (χ3v) is 5.10. The van der Waals surface area contributed by atoms with Gasteiger partial charge in [-0.1, -0.05) is 11.3 Å². The van der Waals surface area contributed by atoms with Crippen LogP contribution >= 0.6 is 22.7 Å². The lowest BCUT2D eigenvalue weighted by Crippen LogP contribution is -2.13. The monoisotopic (exact) mass is 339 g/mol. The van der Waals surface area contributed by atoms with E-state index >= 15 is 0 Å². The van der Waals surface area contributed by atoms with E-state index in [1.807, 2.05) is 29.6 Å². The lowest BCUT2D eigenvalue weighted by Gasteiger charge is -2.01. The number of rotatable bonds is 3. The van der Waals surface area contributed by atoms with Gasteiger partial charge in [0.1, 0.15) is 16.4 Å². The summed E-state index contributed by atoms with van der Waals surface area (Å²) in [5.41, 5.74) is 7.20. The Labute approximate surface area is 138 Å². The number of hydrogen-bond donors (Lipinski definition) is 1. The maximum absolute atomic E-state index is 11.6. The predicted octanol–water partition coefficient (Wildman–Crippen LogP) is 2.98. The zero-order valence-corrected chi connectivity index (χ0v) is 13.3. The lowest BCUT2D eigenvalue weighted by atomic mass is 10.2. The van der Waals surface area contributed by atoms with Crippen LogP contribution < -0.4 is 5.73 Å². The molecule has 1 amide bonds. The zero-order valence-electron chi connectivity index (χ0n) is 11.6. The molecule has 0 aromatic carbocycles. The predicted molar refractivity (Wildman–Crippen MR) is 90.3 cm³/mol. The minimum absolute atomic E-state index is 0.261. The van der Waals surface area contributed by atoms with Gasteiger partial charge in [-0.25, -0.2) is 4.98 Å². The Morgan fingerprint density at radius 2 is 2.04 bits per heavy atom. The van der Waals surface area contributed by atoms with Gasteiger partial charge in [-0.3, -0.25) is 9.78 Å². The van der Waals surface area contributed by atoms with Crippen molar-refractivity contribution in [3.63, 3.8) is 0 Å². The molecule has 0 aliphatic rings. The van der Waals surface area contributed by atoms with Gasteiger partial charge in [0.15, 0.2) is 5.01 Å². The minimum atomic E-state index is -0.549. The van der Waals surface area contributed by atoms with E-state index < -0.39 is 5.91 Å². The maximum Gasteiger partial charge on any atom is 0.268 e. The molecule has 0 bridgehead atoms. The molecule has 0 saturated heterocycles. The molecule has 4 rings (SSSR count). The highest BCUT2D eigenvalue weighted by molar-refractivity contribution is 7.18. The molecule has 0 atom stereocenters. The number of thiophene rings is 1. The number of fused-ring (bicyclic) bond motifs is 1. The summed E-state index contributed by atoms with van der Waals surface area (Å²) in [4.78, 5) is 20.1. The van der Waals surface area contributed by atoms with Gasteiger partial charge in [0.2, 0.25) is 0 Å². The molecule has 2 N–H and O–H groups in total. The summed E-state index contributed by atoms with van der Waals surface area (Å²) in [5, 5.41) is 12.4. The lowest BCUT2D eigenvalue weighted by molar-refractivity contribution is 0.0997. The Balaban J connectivity index is 1.84. The van der Waals surface area contributed by atoms with E-state index in [1.165, 1.54) is 22.7 Å². The van der Waals surface area contributed by atoms with E-state index in [0.717, 1.165) is 20.7 Å². The fourth-order valence-electron chi connectivity index (χ4n) is 2.20. The molecule has 112 valence electrons. The fourth-order valence-corrected chi connectivity index (χ4v) is 3.81. The Morgan fingerprint density at radius 1 is 1.17 bits per heavy atom. The standard InChI is InChI=1S/C15H9N5OS2/c16-13(21)12-9-3-5-22-11(9)6-10(18-12)15-20-19-14(23-15)8-2-1-4-17-7-8/h1-7H,(H2,16,21). The topological polar surface area (TPSA) is 94.7 Å². The normalized spacial score (nSPS) is 11.0. The average Bonchev–Trinajstić information content (AvgIpc) is 3.23. The maximum atomic E-state index is 11.6. The molecule has 0 aliphatic heterocycles. The fraction of sp³-hybridized carbons (Fsp3) is 0. The summed E-state index contributed by atoms with van der Waals surface area (Å²) >= 11 is 2.93. The van der Waals surface area contributed by atoms with Crippen LogP contribution in [0.25, 0.3) is 31.4 Å². The van der Waals surface area contributed by atoms with E-state index in [4.69, 9.17) is 5.73 Å². The van der Waals surface area contributed by atoms with Gasteiger partial charge in [-0.05, 0) is 29.6 Å². The third-order valence-electron chi connectivity index (χ3n) is 3.24. The average molecular weight is 339 g/mol. The Bertz CT molecular complexity index is 1010. The molecule has 0 saturated carbocycles. The Morgan fingerprint density at radius 3 is 2.83 bits per heavy atom. The smallest absolute Gasteiger partial charge is 0.268 e. The van der Waals surface area contributed by atoms with Crippen LogP contribution in [0.2, 0.25) is 0 Å². The van der Waals surface area contributed by atoms with Crippen molar-refractivity contribution in [1.82, 2.24) is 20.2 Å². The quantitative estimate of drug-likeness (QED) is 0.619. The first kappa shape index (κ1) is 13.9. The van der Waals surface area contributed by atoms with Crippen molar-refractivity contribution in [3.8, 4) is 21.3 Å². The van der Waals surface area contributed by atoms with Crippen LogP contribution in [0.4, 0.5) is 0 Å². The molecule has 4 aromatic rings. The molecule has 0 radical (unpaired) electrons. The highest BCUT2D eigenvalue weighted by atomic mass is 32.1.